The second-order valence-electron chi connectivity index (χ2n) is 2.83. The van der Waals surface area contributed by atoms with Gasteiger partial charge in [0.1, 0.15) is 0 Å². The summed E-state index contributed by atoms with van der Waals surface area (Å²) in [6, 6.07) is 6.15. The van der Waals surface area contributed by atoms with Gasteiger partial charge < -0.3 is 16.8 Å². The second-order valence-corrected chi connectivity index (χ2v) is 2.83. The molecule has 0 unspecified atom stereocenters. The summed E-state index contributed by atoms with van der Waals surface area (Å²) < 4.78 is 0. The summed E-state index contributed by atoms with van der Waals surface area (Å²) in [4.78, 5) is 21.1. The minimum Gasteiger partial charge on any atom is -0.369 e. The fraction of sp³-hybridized carbons (Fsp3) is 0.111. The van der Waals surface area contributed by atoms with Crippen molar-refractivity contribution in [1.82, 2.24) is 0 Å². The predicted octanol–water partition coefficient (Wildman–Crippen LogP) is 0.205. The van der Waals surface area contributed by atoms with Crippen LogP contribution in [-0.2, 0) is 11.2 Å². The number of carbonyl (C=O) groups is 2. The molecular formula is C9H11N3O2. The molecule has 1 aromatic rings. The topological polar surface area (TPSA) is 98.2 Å². The first-order valence-corrected chi connectivity index (χ1v) is 4.01. The highest BCUT2D eigenvalue weighted by Crippen LogP contribution is 2.10. The molecule has 1 rings (SSSR count). The van der Waals surface area contributed by atoms with E-state index >= 15 is 0 Å². The number of nitrogens with two attached hydrogens (primary N) is 2. The highest BCUT2D eigenvalue weighted by Gasteiger charge is 2.00. The number of amides is 3. The van der Waals surface area contributed by atoms with Crippen LogP contribution in [0.5, 0.6) is 0 Å². The quantitative estimate of drug-likeness (QED) is 0.639. The van der Waals surface area contributed by atoms with Crippen LogP contribution < -0.4 is 16.8 Å². The number of hydrogen-bond donors (Lipinski definition) is 3. The average molecular weight is 193 g/mol. The number of primary amides is 2. The van der Waals surface area contributed by atoms with Crippen molar-refractivity contribution in [3.8, 4) is 0 Å². The molecule has 0 aliphatic rings. The molecule has 5 N–H and O–H groups in total. The Labute approximate surface area is 81.1 Å². The van der Waals surface area contributed by atoms with E-state index in [1.54, 1.807) is 24.3 Å². The van der Waals surface area contributed by atoms with E-state index in [4.69, 9.17) is 11.5 Å². The number of urea groups is 1. The molecule has 0 heterocycles. The molecule has 0 aromatic heterocycles. The molecule has 0 atom stereocenters. The molecule has 0 fully saturated rings. The summed E-state index contributed by atoms with van der Waals surface area (Å²) >= 11 is 0. The third kappa shape index (κ3) is 3.14. The zero-order chi connectivity index (χ0) is 10.6. The minimum absolute atomic E-state index is 0.147. The average Bonchev–Trinajstić information content (AvgIpc) is 2.01. The number of carbonyl (C=O) groups excluding carboxylic acids is 2. The summed E-state index contributed by atoms with van der Waals surface area (Å²) in [6.45, 7) is 0. The van der Waals surface area contributed by atoms with Crippen LogP contribution in [0, 0.1) is 0 Å². The van der Waals surface area contributed by atoms with Crippen LogP contribution in [0.15, 0.2) is 24.3 Å². The lowest BCUT2D eigenvalue weighted by atomic mass is 10.1. The highest BCUT2D eigenvalue weighted by molar-refractivity contribution is 5.88. The van der Waals surface area contributed by atoms with E-state index in [-0.39, 0.29) is 6.42 Å². The van der Waals surface area contributed by atoms with Gasteiger partial charge in [0.2, 0.25) is 5.91 Å². The molecule has 3 amide bonds. The third-order valence-electron chi connectivity index (χ3n) is 1.57. The number of anilines is 1. The van der Waals surface area contributed by atoms with Crippen molar-refractivity contribution >= 4 is 17.6 Å². The molecule has 14 heavy (non-hydrogen) atoms. The van der Waals surface area contributed by atoms with E-state index < -0.39 is 11.9 Å². The maximum absolute atomic E-state index is 10.6. The summed E-state index contributed by atoms with van der Waals surface area (Å²) in [7, 11) is 0. The molecule has 1 aromatic carbocycles. The highest BCUT2D eigenvalue weighted by atomic mass is 16.2. The maximum atomic E-state index is 10.6. The largest absolute Gasteiger partial charge is 0.369 e. The van der Waals surface area contributed by atoms with Gasteiger partial charge in [-0.1, -0.05) is 12.1 Å². The van der Waals surface area contributed by atoms with Gasteiger partial charge in [-0.05, 0) is 17.7 Å². The van der Waals surface area contributed by atoms with Gasteiger partial charge in [-0.25, -0.2) is 4.79 Å². The zero-order valence-electron chi connectivity index (χ0n) is 7.49. The molecule has 0 saturated carbocycles. The van der Waals surface area contributed by atoms with E-state index in [9.17, 15) is 9.59 Å². The van der Waals surface area contributed by atoms with Crippen molar-refractivity contribution in [2.24, 2.45) is 11.5 Å². The summed E-state index contributed by atoms with van der Waals surface area (Å²) in [5.41, 5.74) is 11.3. The van der Waals surface area contributed by atoms with Gasteiger partial charge in [-0.15, -0.1) is 0 Å². The molecule has 0 radical (unpaired) electrons. The lowest BCUT2D eigenvalue weighted by Crippen LogP contribution is -2.19. The molecule has 74 valence electrons. The molecule has 0 aliphatic carbocycles. The van der Waals surface area contributed by atoms with Gasteiger partial charge in [0, 0.05) is 5.69 Å². The summed E-state index contributed by atoms with van der Waals surface area (Å²) in [5.74, 6) is -0.416. The van der Waals surface area contributed by atoms with Crippen LogP contribution in [0.1, 0.15) is 5.56 Å². The van der Waals surface area contributed by atoms with Crippen LogP contribution >= 0.6 is 0 Å². The lowest BCUT2D eigenvalue weighted by Gasteiger charge is -2.03. The van der Waals surface area contributed by atoms with Gasteiger partial charge in [0.25, 0.3) is 0 Å². The van der Waals surface area contributed by atoms with E-state index in [2.05, 4.69) is 5.32 Å². The molecule has 5 heteroatoms. The molecule has 0 saturated heterocycles. The number of benzene rings is 1. The maximum Gasteiger partial charge on any atom is 0.316 e. The van der Waals surface area contributed by atoms with E-state index in [1.165, 1.54) is 0 Å². The first kappa shape index (κ1) is 10.0. The van der Waals surface area contributed by atoms with Crippen LogP contribution in [0.2, 0.25) is 0 Å². The fourth-order valence-electron chi connectivity index (χ4n) is 1.10. The van der Waals surface area contributed by atoms with Gasteiger partial charge in [-0.3, -0.25) is 4.79 Å². The number of nitrogens with one attached hydrogen (secondary N) is 1. The Bertz CT molecular complexity index is 332. The van der Waals surface area contributed by atoms with E-state index in [0.29, 0.717) is 5.69 Å². The third-order valence-corrected chi connectivity index (χ3v) is 1.57. The summed E-state index contributed by atoms with van der Waals surface area (Å²) in [6.07, 6.45) is 0.147. The SMILES string of the molecule is NC(=O)Cc1cccc(NC(N)=O)c1. The van der Waals surface area contributed by atoms with Crippen molar-refractivity contribution < 1.29 is 9.59 Å². The standard InChI is InChI=1S/C9H11N3O2/c10-8(13)5-6-2-1-3-7(4-6)12-9(11)14/h1-4H,5H2,(H2,10,13)(H3,11,12,14). The Kier molecular flexibility index (Phi) is 3.06. The minimum atomic E-state index is -0.638. The lowest BCUT2D eigenvalue weighted by molar-refractivity contribution is -0.117. The zero-order valence-corrected chi connectivity index (χ0v) is 7.49. The van der Waals surface area contributed by atoms with Crippen molar-refractivity contribution in [2.75, 3.05) is 5.32 Å². The fourth-order valence-corrected chi connectivity index (χ4v) is 1.10. The summed E-state index contributed by atoms with van der Waals surface area (Å²) in [5, 5.41) is 2.41. The van der Waals surface area contributed by atoms with Crippen LogP contribution in [-0.4, -0.2) is 11.9 Å². The van der Waals surface area contributed by atoms with Gasteiger partial charge in [-0.2, -0.15) is 0 Å². The predicted molar refractivity (Wildman–Crippen MR) is 52.5 cm³/mol. The Morgan fingerprint density at radius 1 is 1.29 bits per heavy atom. The molecule has 0 aliphatic heterocycles. The Morgan fingerprint density at radius 2 is 2.00 bits per heavy atom. The monoisotopic (exact) mass is 193 g/mol. The smallest absolute Gasteiger partial charge is 0.316 e. The number of rotatable bonds is 3. The normalized spacial score (nSPS) is 9.43. The first-order valence-electron chi connectivity index (χ1n) is 4.01. The molecule has 0 spiro atoms. The van der Waals surface area contributed by atoms with Crippen LogP contribution in [0.25, 0.3) is 0 Å². The Balaban J connectivity index is 2.78. The van der Waals surface area contributed by atoms with Gasteiger partial charge >= 0.3 is 6.03 Å². The van der Waals surface area contributed by atoms with Gasteiger partial charge in [0.15, 0.2) is 0 Å². The van der Waals surface area contributed by atoms with Crippen molar-refractivity contribution in [3.63, 3.8) is 0 Å². The van der Waals surface area contributed by atoms with Crippen molar-refractivity contribution in [3.05, 3.63) is 29.8 Å². The number of hydrogen-bond acceptors (Lipinski definition) is 2. The Morgan fingerprint density at radius 3 is 2.57 bits per heavy atom. The van der Waals surface area contributed by atoms with Crippen molar-refractivity contribution in [1.29, 1.82) is 0 Å². The van der Waals surface area contributed by atoms with E-state index in [1.807, 2.05) is 0 Å². The van der Waals surface area contributed by atoms with Gasteiger partial charge in [0.05, 0.1) is 6.42 Å². The molecule has 5 nitrogen and oxygen atoms in total. The van der Waals surface area contributed by atoms with E-state index in [0.717, 1.165) is 5.56 Å². The van der Waals surface area contributed by atoms with Crippen LogP contribution in [0.3, 0.4) is 0 Å². The van der Waals surface area contributed by atoms with Crippen LogP contribution in [0.4, 0.5) is 10.5 Å². The molecule has 0 bridgehead atoms. The van der Waals surface area contributed by atoms with Crippen molar-refractivity contribution in [2.45, 2.75) is 6.42 Å². The molecular weight excluding hydrogens is 182 g/mol. The first-order chi connectivity index (χ1) is 6.58. The second kappa shape index (κ2) is 4.27. The Hall–Kier alpha value is -2.04.